The van der Waals surface area contributed by atoms with Crippen molar-refractivity contribution in [2.75, 3.05) is 11.4 Å². The fraction of sp³-hybridized carbons (Fsp3) is 0.667. The number of rotatable bonds is 4. The fourth-order valence-corrected chi connectivity index (χ4v) is 1.28. The number of hydrogen-bond acceptors (Lipinski definition) is 3. The van der Waals surface area contributed by atoms with Gasteiger partial charge in [-0.15, -0.1) is 11.6 Å². The number of halogens is 4. The summed E-state index contributed by atoms with van der Waals surface area (Å²) in [5.41, 5.74) is 0.421. The minimum absolute atomic E-state index is 0.0528. The van der Waals surface area contributed by atoms with E-state index >= 15 is 0 Å². The number of nitrogens with zero attached hydrogens (tertiary/aromatic N) is 2. The van der Waals surface area contributed by atoms with Crippen LogP contribution in [0, 0.1) is 0 Å². The first-order chi connectivity index (χ1) is 7.33. The Morgan fingerprint density at radius 1 is 1.50 bits per heavy atom. The second-order valence-electron chi connectivity index (χ2n) is 3.59. The lowest BCUT2D eigenvalue weighted by Gasteiger charge is -2.25. The second-order valence-corrected chi connectivity index (χ2v) is 3.86. The second kappa shape index (κ2) is 4.95. The van der Waals surface area contributed by atoms with Gasteiger partial charge in [-0.05, 0) is 13.8 Å². The van der Waals surface area contributed by atoms with Crippen LogP contribution >= 0.6 is 11.6 Å². The highest BCUT2D eigenvalue weighted by molar-refractivity contribution is 6.16. The molecule has 92 valence electrons. The van der Waals surface area contributed by atoms with Gasteiger partial charge in [0.2, 0.25) is 0 Å². The van der Waals surface area contributed by atoms with Crippen molar-refractivity contribution in [3.8, 4) is 0 Å². The van der Waals surface area contributed by atoms with Crippen LogP contribution in [0.3, 0.4) is 0 Å². The molecule has 0 aromatic carbocycles. The third kappa shape index (κ3) is 3.59. The molecule has 0 aliphatic carbocycles. The van der Waals surface area contributed by atoms with Gasteiger partial charge in [0.15, 0.2) is 0 Å². The maximum atomic E-state index is 12.3. The van der Waals surface area contributed by atoms with E-state index in [0.717, 1.165) is 4.90 Å². The highest BCUT2D eigenvalue weighted by Gasteiger charge is 2.33. The quantitative estimate of drug-likeness (QED) is 0.775. The summed E-state index contributed by atoms with van der Waals surface area (Å²) >= 11 is 5.49. The Morgan fingerprint density at radius 3 is 2.50 bits per heavy atom. The maximum absolute atomic E-state index is 12.3. The molecule has 0 spiro atoms. The van der Waals surface area contributed by atoms with Crippen molar-refractivity contribution < 1.29 is 17.6 Å². The molecule has 0 atom stereocenters. The fourth-order valence-electron chi connectivity index (χ4n) is 1.15. The van der Waals surface area contributed by atoms with Crippen molar-refractivity contribution in [1.82, 2.24) is 4.98 Å². The van der Waals surface area contributed by atoms with E-state index < -0.39 is 12.7 Å². The summed E-state index contributed by atoms with van der Waals surface area (Å²) < 4.78 is 41.9. The standard InChI is InChI=1S/C9H12ClF3N2O/c1-6(2)15(5-9(11,12)13)8-14-7(3-10)4-16-8/h4,6H,3,5H2,1-2H3. The molecule has 16 heavy (non-hydrogen) atoms. The van der Waals surface area contributed by atoms with E-state index in [-0.39, 0.29) is 17.9 Å². The Kier molecular flexibility index (Phi) is 4.07. The van der Waals surface area contributed by atoms with E-state index in [2.05, 4.69) is 4.98 Å². The molecule has 1 heterocycles. The first kappa shape index (κ1) is 13.2. The Morgan fingerprint density at radius 2 is 2.12 bits per heavy atom. The van der Waals surface area contributed by atoms with Crippen molar-refractivity contribution >= 4 is 17.6 Å². The number of oxazole rings is 1. The molecular formula is C9H12ClF3N2O. The van der Waals surface area contributed by atoms with Crippen LogP contribution in [-0.2, 0) is 5.88 Å². The van der Waals surface area contributed by atoms with E-state index in [1.54, 1.807) is 13.8 Å². The van der Waals surface area contributed by atoms with E-state index in [4.69, 9.17) is 16.0 Å². The van der Waals surface area contributed by atoms with Crippen molar-refractivity contribution in [3.63, 3.8) is 0 Å². The Balaban J connectivity index is 2.85. The molecule has 1 rings (SSSR count). The third-order valence-electron chi connectivity index (χ3n) is 1.90. The number of hydrogen-bond donors (Lipinski definition) is 0. The van der Waals surface area contributed by atoms with Crippen LogP contribution in [0.25, 0.3) is 0 Å². The zero-order chi connectivity index (χ0) is 12.3. The molecule has 3 nitrogen and oxygen atoms in total. The molecule has 0 saturated carbocycles. The number of anilines is 1. The zero-order valence-electron chi connectivity index (χ0n) is 8.88. The summed E-state index contributed by atoms with van der Waals surface area (Å²) in [6.07, 6.45) is -3.03. The van der Waals surface area contributed by atoms with Gasteiger partial charge in [0.25, 0.3) is 6.01 Å². The largest absolute Gasteiger partial charge is 0.432 e. The molecule has 0 aliphatic heterocycles. The average molecular weight is 257 g/mol. The van der Waals surface area contributed by atoms with E-state index in [1.165, 1.54) is 6.26 Å². The smallest absolute Gasteiger partial charge is 0.406 e. The zero-order valence-corrected chi connectivity index (χ0v) is 9.64. The summed E-state index contributed by atoms with van der Waals surface area (Å²) in [5, 5.41) is 0. The number of alkyl halides is 4. The molecule has 0 radical (unpaired) electrons. The highest BCUT2D eigenvalue weighted by Crippen LogP contribution is 2.23. The van der Waals surface area contributed by atoms with Crippen LogP contribution in [0.5, 0.6) is 0 Å². The van der Waals surface area contributed by atoms with Crippen LogP contribution < -0.4 is 4.90 Å². The van der Waals surface area contributed by atoms with Gasteiger partial charge in [0, 0.05) is 6.04 Å². The third-order valence-corrected chi connectivity index (χ3v) is 2.17. The van der Waals surface area contributed by atoms with E-state index in [1.807, 2.05) is 0 Å². The minimum atomic E-state index is -4.29. The average Bonchev–Trinajstić information content (AvgIpc) is 2.60. The molecule has 1 aromatic heterocycles. The Bertz CT molecular complexity index is 338. The van der Waals surface area contributed by atoms with E-state index in [9.17, 15) is 13.2 Å². The molecule has 0 fully saturated rings. The van der Waals surface area contributed by atoms with Crippen molar-refractivity contribution in [3.05, 3.63) is 12.0 Å². The molecular weight excluding hydrogens is 245 g/mol. The molecule has 0 aliphatic rings. The Hall–Kier alpha value is -0.910. The minimum Gasteiger partial charge on any atom is -0.432 e. The first-order valence-corrected chi connectivity index (χ1v) is 5.20. The van der Waals surface area contributed by atoms with Gasteiger partial charge in [0.1, 0.15) is 12.8 Å². The molecule has 0 unspecified atom stereocenters. The highest BCUT2D eigenvalue weighted by atomic mass is 35.5. The summed E-state index contributed by atoms with van der Waals surface area (Å²) in [6.45, 7) is 2.18. The van der Waals surface area contributed by atoms with Gasteiger partial charge in [0.05, 0.1) is 11.6 Å². The monoisotopic (exact) mass is 256 g/mol. The normalized spacial score (nSPS) is 12.2. The summed E-state index contributed by atoms with van der Waals surface area (Å²) in [7, 11) is 0. The van der Waals surface area contributed by atoms with Crippen LogP contribution in [0.1, 0.15) is 19.5 Å². The van der Waals surface area contributed by atoms with E-state index in [0.29, 0.717) is 5.69 Å². The van der Waals surface area contributed by atoms with Crippen molar-refractivity contribution in [1.29, 1.82) is 0 Å². The first-order valence-electron chi connectivity index (χ1n) is 4.67. The molecule has 0 saturated heterocycles. The Labute approximate surface area is 96.2 Å². The predicted octanol–water partition coefficient (Wildman–Crippen LogP) is 3.19. The molecule has 0 bridgehead atoms. The summed E-state index contributed by atoms with van der Waals surface area (Å²) in [6, 6.07) is -0.411. The lowest BCUT2D eigenvalue weighted by atomic mass is 10.3. The van der Waals surface area contributed by atoms with Crippen LogP contribution in [0.4, 0.5) is 19.2 Å². The molecule has 0 amide bonds. The van der Waals surface area contributed by atoms with Crippen molar-refractivity contribution in [2.24, 2.45) is 0 Å². The SMILES string of the molecule is CC(C)N(CC(F)(F)F)c1nc(CCl)co1. The van der Waals surface area contributed by atoms with Gasteiger partial charge in [-0.25, -0.2) is 0 Å². The van der Waals surface area contributed by atoms with Crippen LogP contribution in [-0.4, -0.2) is 23.7 Å². The summed E-state index contributed by atoms with van der Waals surface area (Å²) in [4.78, 5) is 4.90. The molecule has 1 aromatic rings. The van der Waals surface area contributed by atoms with Gasteiger partial charge < -0.3 is 9.32 Å². The topological polar surface area (TPSA) is 29.3 Å². The lowest BCUT2D eigenvalue weighted by molar-refractivity contribution is -0.121. The lowest BCUT2D eigenvalue weighted by Crippen LogP contribution is -2.39. The van der Waals surface area contributed by atoms with Gasteiger partial charge in [-0.3, -0.25) is 0 Å². The number of aromatic nitrogens is 1. The van der Waals surface area contributed by atoms with Gasteiger partial charge in [-0.1, -0.05) is 0 Å². The molecule has 7 heteroatoms. The van der Waals surface area contributed by atoms with Crippen molar-refractivity contribution in [2.45, 2.75) is 31.9 Å². The van der Waals surface area contributed by atoms with Gasteiger partial charge in [-0.2, -0.15) is 18.2 Å². The van der Waals surface area contributed by atoms with Crippen LogP contribution in [0.2, 0.25) is 0 Å². The maximum Gasteiger partial charge on any atom is 0.406 e. The van der Waals surface area contributed by atoms with Gasteiger partial charge >= 0.3 is 6.18 Å². The predicted molar refractivity (Wildman–Crippen MR) is 54.6 cm³/mol. The summed E-state index contributed by atoms with van der Waals surface area (Å²) in [5.74, 6) is 0.113. The molecule has 0 N–H and O–H groups in total. The van der Waals surface area contributed by atoms with Crippen LogP contribution in [0.15, 0.2) is 10.7 Å².